The molecule has 0 radical (unpaired) electrons. The van der Waals surface area contributed by atoms with Crippen molar-refractivity contribution in [2.45, 2.75) is 111 Å². The summed E-state index contributed by atoms with van der Waals surface area (Å²) in [5.74, 6) is 0.433. The van der Waals surface area contributed by atoms with E-state index in [0.717, 1.165) is 19.3 Å². The molecular formula is C42H58Cl2Zr. The molecule has 1 atom stereocenters. The molecule has 0 N–H and O–H groups in total. The SMILES string of the molecule is Cl.Cl.[CH2]=[Zr]([CH3])([C]1=C(CC)C(C(C)(C)C)=CC1CC)([c]1ccccc1)[c]1cc(C(C)(C)C)cc2c1Cc1ccc(C(C)(C)C)cc1-2. The van der Waals surface area contributed by atoms with E-state index < -0.39 is 18.3 Å². The van der Waals surface area contributed by atoms with Gasteiger partial charge in [0.1, 0.15) is 0 Å². The Morgan fingerprint density at radius 3 is 1.82 bits per heavy atom. The summed E-state index contributed by atoms with van der Waals surface area (Å²) in [6, 6.07) is 24.0. The molecule has 1 unspecified atom stereocenters. The van der Waals surface area contributed by atoms with E-state index in [1.807, 2.05) is 0 Å². The molecule has 0 aromatic heterocycles. The Labute approximate surface area is 288 Å². The van der Waals surface area contributed by atoms with E-state index >= 15 is 0 Å². The van der Waals surface area contributed by atoms with Gasteiger partial charge in [-0.05, 0) is 0 Å². The van der Waals surface area contributed by atoms with E-state index in [-0.39, 0.29) is 41.1 Å². The molecule has 0 spiro atoms. The van der Waals surface area contributed by atoms with Crippen molar-refractivity contribution in [2.75, 3.05) is 0 Å². The van der Waals surface area contributed by atoms with E-state index in [0.29, 0.717) is 5.92 Å². The van der Waals surface area contributed by atoms with Crippen LogP contribution in [0.3, 0.4) is 0 Å². The minimum absolute atomic E-state index is 0. The first-order valence-corrected chi connectivity index (χ1v) is 24.6. The number of hydrogen-bond donors (Lipinski definition) is 0. The molecule has 3 heteroatoms. The molecule has 5 rings (SSSR count). The van der Waals surface area contributed by atoms with Crippen LogP contribution in [0, 0.1) is 11.3 Å². The molecule has 0 bridgehead atoms. The van der Waals surface area contributed by atoms with E-state index in [4.69, 9.17) is 4.21 Å². The van der Waals surface area contributed by atoms with Crippen molar-refractivity contribution in [1.29, 1.82) is 0 Å². The van der Waals surface area contributed by atoms with Crippen LogP contribution < -0.4 is 6.54 Å². The Kier molecular flexibility index (Phi) is 10.5. The van der Waals surface area contributed by atoms with Crippen LogP contribution in [0.15, 0.2) is 81.2 Å². The van der Waals surface area contributed by atoms with Gasteiger partial charge in [-0.25, -0.2) is 0 Å². The number of hydrogen-bond acceptors (Lipinski definition) is 0. The molecule has 3 aromatic carbocycles. The van der Waals surface area contributed by atoms with Gasteiger partial charge >= 0.3 is 266 Å². The topological polar surface area (TPSA) is 0 Å². The number of halogens is 2. The van der Waals surface area contributed by atoms with E-state index in [1.54, 1.807) is 23.3 Å². The Balaban J connectivity index is 0.00000276. The van der Waals surface area contributed by atoms with Crippen LogP contribution >= 0.6 is 24.8 Å². The number of fused-ring (bicyclic) bond motifs is 3. The first-order chi connectivity index (χ1) is 19.8. The molecule has 0 fully saturated rings. The maximum absolute atomic E-state index is 5.68. The molecule has 244 valence electrons. The fourth-order valence-corrected chi connectivity index (χ4v) is 23.0. The van der Waals surface area contributed by atoms with Crippen LogP contribution in [0.1, 0.15) is 111 Å². The van der Waals surface area contributed by atoms with Gasteiger partial charge in [0.2, 0.25) is 0 Å². The molecule has 2 aliphatic carbocycles. The summed E-state index contributed by atoms with van der Waals surface area (Å²) < 4.78 is 13.1. The fraction of sp³-hybridized carbons (Fsp3) is 0.452. The third kappa shape index (κ3) is 6.25. The van der Waals surface area contributed by atoms with E-state index in [1.165, 1.54) is 31.1 Å². The third-order valence-corrected chi connectivity index (χ3v) is 25.3. The van der Waals surface area contributed by atoms with Crippen LogP contribution in [0.4, 0.5) is 0 Å². The van der Waals surface area contributed by atoms with Gasteiger partial charge in [-0.3, -0.25) is 0 Å². The monoisotopic (exact) mass is 722 g/mol. The quantitative estimate of drug-likeness (QED) is 0.192. The standard InChI is InChI=1S/C21H25.C13H21.C6H5.CH3.CH2.2ClH.Zr/c1-20(2,3)16-9-7-14-11-15-8-10-17(21(4,5)6)13-19(15)18(14)12-16;1-6-10-8-11(7-2)12(9-10)13(3,4)5;1-2-4-6-5-3-1;;;;;/h7,9-10,12-13H,11H2,1-6H3;9-10H,6-7H2,1-5H3;1-5H;1H3;1H2;2*1H;. The van der Waals surface area contributed by atoms with Gasteiger partial charge in [0.25, 0.3) is 0 Å². The predicted octanol–water partition coefficient (Wildman–Crippen LogP) is 11.5. The van der Waals surface area contributed by atoms with Crippen molar-refractivity contribution in [1.82, 2.24) is 0 Å². The van der Waals surface area contributed by atoms with Gasteiger partial charge < -0.3 is 0 Å². The summed E-state index contributed by atoms with van der Waals surface area (Å²) in [6.07, 6.45) is 5.83. The summed E-state index contributed by atoms with van der Waals surface area (Å²) in [5, 5.41) is 0. The van der Waals surface area contributed by atoms with Gasteiger partial charge in [0.15, 0.2) is 0 Å². The van der Waals surface area contributed by atoms with Crippen LogP contribution in [0.2, 0.25) is 4.63 Å². The molecule has 2 aliphatic rings. The van der Waals surface area contributed by atoms with Crippen molar-refractivity contribution >= 4 is 35.6 Å². The Bertz CT molecular complexity index is 1720. The molecule has 0 amide bonds. The van der Waals surface area contributed by atoms with Gasteiger partial charge in [-0.2, -0.15) is 0 Å². The van der Waals surface area contributed by atoms with Crippen LogP contribution in [-0.2, 0) is 35.5 Å². The average molecular weight is 725 g/mol. The third-order valence-electron chi connectivity index (χ3n) is 10.8. The molecule has 0 aliphatic heterocycles. The second-order valence-corrected chi connectivity index (χ2v) is 31.0. The fourth-order valence-electron chi connectivity index (χ4n) is 8.19. The molecule has 0 nitrogen and oxygen atoms in total. The van der Waals surface area contributed by atoms with E-state index in [2.05, 4.69) is 148 Å². The number of benzene rings is 3. The van der Waals surface area contributed by atoms with Crippen molar-refractivity contribution < 1.29 is 18.3 Å². The zero-order valence-electron chi connectivity index (χ0n) is 30.1. The maximum atomic E-state index is 5.68. The summed E-state index contributed by atoms with van der Waals surface area (Å²) in [4.78, 5) is 0. The first-order valence-electron chi connectivity index (χ1n) is 16.7. The van der Waals surface area contributed by atoms with Crippen LogP contribution in [0.5, 0.6) is 0 Å². The summed E-state index contributed by atoms with van der Waals surface area (Å²) in [5.41, 5.74) is 12.2. The summed E-state index contributed by atoms with van der Waals surface area (Å²) in [6.45, 7) is 26.1. The van der Waals surface area contributed by atoms with Gasteiger partial charge in [-0.1, -0.05) is 0 Å². The van der Waals surface area contributed by atoms with Gasteiger partial charge in [0.05, 0.1) is 0 Å². The first kappa shape index (κ1) is 37.9. The molecule has 3 aromatic rings. The predicted molar refractivity (Wildman–Crippen MR) is 204 cm³/mol. The van der Waals surface area contributed by atoms with E-state index in [9.17, 15) is 0 Å². The van der Waals surface area contributed by atoms with Crippen molar-refractivity contribution in [2.24, 2.45) is 11.3 Å². The zero-order valence-corrected chi connectivity index (χ0v) is 34.2. The van der Waals surface area contributed by atoms with Crippen LogP contribution in [-0.4, -0.2) is 4.21 Å². The van der Waals surface area contributed by atoms with Crippen molar-refractivity contribution in [3.8, 4) is 11.1 Å². The van der Waals surface area contributed by atoms with Gasteiger partial charge in [0, 0.05) is 0 Å². The number of rotatable bonds is 5. The number of allylic oxidation sites excluding steroid dienone is 4. The van der Waals surface area contributed by atoms with Crippen molar-refractivity contribution in [3.63, 3.8) is 0 Å². The summed E-state index contributed by atoms with van der Waals surface area (Å²) in [7, 11) is 0. The molecule has 0 saturated heterocycles. The normalized spacial score (nSPS) is 16.9. The molecule has 45 heavy (non-hydrogen) atoms. The average Bonchev–Trinajstić information content (AvgIpc) is 3.51. The van der Waals surface area contributed by atoms with Crippen molar-refractivity contribution in [3.05, 3.63) is 103 Å². The Hall–Kier alpha value is -1.53. The molecular weight excluding hydrogens is 667 g/mol. The van der Waals surface area contributed by atoms with Gasteiger partial charge in [-0.15, -0.1) is 24.8 Å². The second kappa shape index (κ2) is 12.5. The Morgan fingerprint density at radius 2 is 1.31 bits per heavy atom. The van der Waals surface area contributed by atoms with Crippen LogP contribution in [0.25, 0.3) is 11.1 Å². The Morgan fingerprint density at radius 1 is 0.733 bits per heavy atom. The zero-order chi connectivity index (χ0) is 31.8. The second-order valence-electron chi connectivity index (χ2n) is 17.1. The molecule has 0 heterocycles. The minimum atomic E-state index is -4.47. The molecule has 0 saturated carbocycles. The summed E-state index contributed by atoms with van der Waals surface area (Å²) >= 11 is -4.47.